The van der Waals surface area contributed by atoms with Crippen molar-refractivity contribution in [2.45, 2.75) is 13.8 Å². The summed E-state index contributed by atoms with van der Waals surface area (Å²) in [6.45, 7) is 3.45. The second-order valence-corrected chi connectivity index (χ2v) is 4.92. The number of aryl methyl sites for hydroxylation is 1. The first kappa shape index (κ1) is 15.4. The highest BCUT2D eigenvalue weighted by Crippen LogP contribution is 2.35. The monoisotopic (exact) mass is 295 g/mol. The first-order valence-electron chi connectivity index (χ1n) is 6.76. The summed E-state index contributed by atoms with van der Waals surface area (Å²) in [6.07, 6.45) is 0.497. The number of para-hydroxylation sites is 1. The van der Waals surface area contributed by atoms with Crippen molar-refractivity contribution < 1.29 is 9.90 Å². The molecule has 0 fully saturated rings. The van der Waals surface area contributed by atoms with Crippen LogP contribution in [0.3, 0.4) is 0 Å². The fourth-order valence-corrected chi connectivity index (χ4v) is 2.00. The summed E-state index contributed by atoms with van der Waals surface area (Å²) >= 11 is 0. The van der Waals surface area contributed by atoms with Crippen molar-refractivity contribution in [1.82, 2.24) is 0 Å². The third-order valence-corrected chi connectivity index (χ3v) is 3.16. The van der Waals surface area contributed by atoms with Gasteiger partial charge in [0.05, 0.1) is 11.4 Å². The Balaban J connectivity index is 2.38. The van der Waals surface area contributed by atoms with Crippen molar-refractivity contribution >= 4 is 23.4 Å². The number of rotatable bonds is 5. The zero-order valence-corrected chi connectivity index (χ0v) is 12.4. The van der Waals surface area contributed by atoms with Crippen molar-refractivity contribution in [2.75, 3.05) is 5.43 Å². The van der Waals surface area contributed by atoms with Crippen LogP contribution in [0.4, 0.5) is 5.69 Å². The van der Waals surface area contributed by atoms with Gasteiger partial charge >= 0.3 is 0 Å². The molecule has 0 radical (unpaired) electrons. The van der Waals surface area contributed by atoms with Crippen LogP contribution in [0.2, 0.25) is 0 Å². The number of benzene rings is 2. The molecule has 2 aromatic rings. The quantitative estimate of drug-likeness (QED) is 0.342. The molecule has 2 rings (SSSR count). The van der Waals surface area contributed by atoms with E-state index in [1.54, 1.807) is 12.1 Å². The average Bonchev–Trinajstić information content (AvgIpc) is 2.49. The van der Waals surface area contributed by atoms with E-state index in [0.29, 0.717) is 17.5 Å². The number of aromatic hydroxyl groups is 1. The molecular formula is C17H17N3O2. The van der Waals surface area contributed by atoms with Crippen LogP contribution in [0.5, 0.6) is 5.75 Å². The Morgan fingerprint density at radius 1 is 1.27 bits per heavy atom. The molecule has 0 heterocycles. The number of hydrogen-bond donors (Lipinski definition) is 3. The van der Waals surface area contributed by atoms with E-state index in [4.69, 9.17) is 5.41 Å². The molecular weight excluding hydrogens is 278 g/mol. The van der Waals surface area contributed by atoms with E-state index in [2.05, 4.69) is 10.5 Å². The molecule has 22 heavy (non-hydrogen) atoms. The van der Waals surface area contributed by atoms with Crippen LogP contribution in [0, 0.1) is 12.3 Å². The molecule has 5 heteroatoms. The van der Waals surface area contributed by atoms with Crippen molar-refractivity contribution in [3.8, 4) is 16.9 Å². The summed E-state index contributed by atoms with van der Waals surface area (Å²) < 4.78 is 0. The highest BCUT2D eigenvalue weighted by molar-refractivity contribution is 6.60. The van der Waals surface area contributed by atoms with Gasteiger partial charge in [0.1, 0.15) is 11.5 Å². The Hall–Kier alpha value is -2.95. The van der Waals surface area contributed by atoms with Crippen LogP contribution in [0.15, 0.2) is 47.6 Å². The molecule has 0 saturated carbocycles. The van der Waals surface area contributed by atoms with Gasteiger partial charge < -0.3 is 10.5 Å². The summed E-state index contributed by atoms with van der Waals surface area (Å²) in [5, 5.41) is 21.6. The first-order valence-corrected chi connectivity index (χ1v) is 6.76. The van der Waals surface area contributed by atoms with Gasteiger partial charge in [-0.25, -0.2) is 0 Å². The number of nitrogens with one attached hydrogen (secondary N) is 2. The van der Waals surface area contributed by atoms with Crippen molar-refractivity contribution in [3.05, 3.63) is 48.0 Å². The molecule has 0 unspecified atom stereocenters. The van der Waals surface area contributed by atoms with Crippen LogP contribution in [0.25, 0.3) is 11.1 Å². The second kappa shape index (κ2) is 6.67. The Morgan fingerprint density at radius 2 is 2.00 bits per heavy atom. The third kappa shape index (κ3) is 3.38. The molecule has 5 nitrogen and oxygen atoms in total. The van der Waals surface area contributed by atoms with Crippen LogP contribution < -0.4 is 5.43 Å². The minimum absolute atomic E-state index is 0.0136. The fraction of sp³-hybridized carbons (Fsp3) is 0.118. The molecule has 0 amide bonds. The molecule has 0 aliphatic carbocycles. The Morgan fingerprint density at radius 3 is 2.64 bits per heavy atom. The number of hydrogen-bond acceptors (Lipinski definition) is 5. The third-order valence-electron chi connectivity index (χ3n) is 3.16. The maximum Gasteiger partial charge on any atom is 0.172 e. The number of nitrogens with zero attached hydrogens (tertiary/aromatic N) is 1. The Bertz CT molecular complexity index is 751. The lowest BCUT2D eigenvalue weighted by molar-refractivity contribution is -0.102. The van der Waals surface area contributed by atoms with Gasteiger partial charge in [-0.05, 0) is 25.5 Å². The highest BCUT2D eigenvalue weighted by Gasteiger charge is 2.09. The summed E-state index contributed by atoms with van der Waals surface area (Å²) in [4.78, 5) is 10.8. The molecule has 0 atom stereocenters. The molecule has 0 saturated heterocycles. The van der Waals surface area contributed by atoms with Gasteiger partial charge in [0.2, 0.25) is 0 Å². The normalized spacial score (nSPS) is 11.1. The second-order valence-electron chi connectivity index (χ2n) is 4.92. The number of aldehydes is 1. The predicted molar refractivity (Wildman–Crippen MR) is 88.8 cm³/mol. The minimum atomic E-state index is -0.0136. The molecule has 3 N–H and O–H groups in total. The summed E-state index contributed by atoms with van der Waals surface area (Å²) in [6, 6.07) is 13.0. The smallest absolute Gasteiger partial charge is 0.172 e. The summed E-state index contributed by atoms with van der Waals surface area (Å²) in [5.74, 6) is 0.0460. The van der Waals surface area contributed by atoms with E-state index in [9.17, 15) is 9.90 Å². The molecule has 0 bridgehead atoms. The van der Waals surface area contributed by atoms with Crippen LogP contribution >= 0.6 is 0 Å². The number of phenolic OH excluding ortho intramolecular Hbond substituents is 1. The molecule has 112 valence electrons. The van der Waals surface area contributed by atoms with E-state index in [0.717, 1.165) is 11.1 Å². The largest absolute Gasteiger partial charge is 0.505 e. The van der Waals surface area contributed by atoms with E-state index in [1.807, 2.05) is 37.3 Å². The fourth-order valence-electron chi connectivity index (χ4n) is 2.00. The van der Waals surface area contributed by atoms with Gasteiger partial charge in [0, 0.05) is 5.56 Å². The number of carbonyl (C=O) groups is 1. The van der Waals surface area contributed by atoms with E-state index in [1.165, 1.54) is 6.92 Å². The molecule has 0 aromatic heterocycles. The molecule has 2 aromatic carbocycles. The van der Waals surface area contributed by atoms with Gasteiger partial charge in [-0.3, -0.25) is 10.2 Å². The zero-order chi connectivity index (χ0) is 16.1. The summed E-state index contributed by atoms with van der Waals surface area (Å²) in [5.41, 5.74) is 5.71. The van der Waals surface area contributed by atoms with Crippen LogP contribution in [-0.4, -0.2) is 22.8 Å². The lowest BCUT2D eigenvalue weighted by Gasteiger charge is -2.10. The Labute approximate surface area is 128 Å². The lowest BCUT2D eigenvalue weighted by atomic mass is 10.0. The topological polar surface area (TPSA) is 85.5 Å². The first-order chi connectivity index (χ1) is 10.5. The SMILES string of the molecule is CC(=N)/C(C=O)=N/Nc1cccc(-c2cccc(C)c2)c1O. The Kier molecular flexibility index (Phi) is 4.68. The average molecular weight is 295 g/mol. The van der Waals surface area contributed by atoms with Crippen molar-refractivity contribution in [3.63, 3.8) is 0 Å². The van der Waals surface area contributed by atoms with Crippen molar-refractivity contribution in [2.24, 2.45) is 5.10 Å². The summed E-state index contributed by atoms with van der Waals surface area (Å²) in [7, 11) is 0. The number of phenols is 1. The predicted octanol–water partition coefficient (Wildman–Crippen LogP) is 3.37. The van der Waals surface area contributed by atoms with Gasteiger partial charge in [-0.15, -0.1) is 0 Å². The van der Waals surface area contributed by atoms with Gasteiger partial charge in [-0.1, -0.05) is 42.0 Å². The highest BCUT2D eigenvalue weighted by atomic mass is 16.3. The molecule has 0 aliphatic heterocycles. The van der Waals surface area contributed by atoms with E-state index < -0.39 is 0 Å². The maximum atomic E-state index is 10.8. The van der Waals surface area contributed by atoms with Crippen molar-refractivity contribution in [1.29, 1.82) is 5.41 Å². The zero-order valence-electron chi connectivity index (χ0n) is 12.4. The van der Waals surface area contributed by atoms with E-state index in [-0.39, 0.29) is 17.2 Å². The van der Waals surface area contributed by atoms with Gasteiger partial charge in [-0.2, -0.15) is 5.10 Å². The van der Waals surface area contributed by atoms with Crippen LogP contribution in [0.1, 0.15) is 12.5 Å². The van der Waals surface area contributed by atoms with E-state index >= 15 is 0 Å². The van der Waals surface area contributed by atoms with Gasteiger partial charge in [0.15, 0.2) is 6.29 Å². The molecule has 0 spiro atoms. The molecule has 0 aliphatic rings. The van der Waals surface area contributed by atoms with Gasteiger partial charge in [0.25, 0.3) is 0 Å². The number of hydrazone groups is 1. The number of carbonyl (C=O) groups excluding carboxylic acids is 1. The standard InChI is InChI=1S/C17H17N3O2/c1-11-5-3-6-13(9-11)14-7-4-8-15(17(14)22)19-20-16(10-21)12(2)18/h3-10,18-19,22H,1-2H3/b18-12?,20-16+. The lowest BCUT2D eigenvalue weighted by Crippen LogP contribution is -2.12. The van der Waals surface area contributed by atoms with Crippen LogP contribution in [-0.2, 0) is 4.79 Å². The number of anilines is 1. The maximum absolute atomic E-state index is 10.8. The minimum Gasteiger partial charge on any atom is -0.505 e.